The molecule has 4 aromatic rings. The number of aromatic amines is 1. The number of pyridine rings is 1. The van der Waals surface area contributed by atoms with Crippen molar-refractivity contribution in [3.63, 3.8) is 0 Å². The van der Waals surface area contributed by atoms with Crippen LogP contribution < -0.4 is 22.3 Å². The Labute approximate surface area is 173 Å². The molecule has 0 aliphatic heterocycles. The van der Waals surface area contributed by atoms with Crippen LogP contribution in [0.2, 0.25) is 0 Å². The van der Waals surface area contributed by atoms with Gasteiger partial charge in [0.15, 0.2) is 12.4 Å². The minimum Gasteiger partial charge on any atom is -1.00 e. The third-order valence-corrected chi connectivity index (χ3v) is 5.23. The standard InChI is InChI=1S/C25H24N2.ClH/c1-3-27(4-2)24-16-17-26-18-23(24)25-21-13-9-8-12-20(21)14-15-22(25)19-10-6-5-7-11-19;/h5-18H,3-4H2,1-2H3;1H. The van der Waals surface area contributed by atoms with Crippen LogP contribution in [0.25, 0.3) is 33.0 Å². The highest BCUT2D eigenvalue weighted by atomic mass is 35.5. The first-order chi connectivity index (χ1) is 13.3. The number of rotatable bonds is 5. The molecule has 142 valence electrons. The van der Waals surface area contributed by atoms with E-state index < -0.39 is 0 Å². The number of hydrogen-bond donors (Lipinski definition) is 0. The van der Waals surface area contributed by atoms with Crippen LogP contribution in [0.4, 0.5) is 5.69 Å². The molecule has 3 aromatic carbocycles. The number of nitrogens with zero attached hydrogens (tertiary/aromatic N) is 1. The summed E-state index contributed by atoms with van der Waals surface area (Å²) < 4.78 is 0. The molecule has 0 fully saturated rings. The first-order valence-electron chi connectivity index (χ1n) is 9.66. The molecule has 0 bridgehead atoms. The number of halogens is 1. The molecule has 2 nitrogen and oxygen atoms in total. The summed E-state index contributed by atoms with van der Waals surface area (Å²) in [6, 6.07) is 26.0. The molecular weight excluding hydrogens is 364 g/mol. The second-order valence-electron chi connectivity index (χ2n) is 6.69. The van der Waals surface area contributed by atoms with E-state index >= 15 is 0 Å². The predicted octanol–water partition coefficient (Wildman–Crippen LogP) is 2.84. The highest BCUT2D eigenvalue weighted by Gasteiger charge is 2.19. The predicted molar refractivity (Wildman–Crippen MR) is 115 cm³/mol. The lowest BCUT2D eigenvalue weighted by molar-refractivity contribution is -0.377. The van der Waals surface area contributed by atoms with Crippen molar-refractivity contribution in [2.45, 2.75) is 13.8 Å². The smallest absolute Gasteiger partial charge is 0.177 e. The maximum absolute atomic E-state index is 3.32. The molecule has 0 amide bonds. The van der Waals surface area contributed by atoms with E-state index in [4.69, 9.17) is 0 Å². The molecule has 1 N–H and O–H groups in total. The lowest BCUT2D eigenvalue weighted by Crippen LogP contribution is -3.00. The Morgan fingerprint density at radius 3 is 2.21 bits per heavy atom. The number of aromatic nitrogens is 1. The number of hydrogen-bond acceptors (Lipinski definition) is 1. The zero-order valence-corrected chi connectivity index (χ0v) is 17.1. The number of nitrogens with one attached hydrogen (secondary N) is 1. The molecule has 0 atom stereocenters. The first kappa shape index (κ1) is 19.9. The number of fused-ring (bicyclic) bond motifs is 1. The number of benzene rings is 3. The van der Waals surface area contributed by atoms with Crippen LogP contribution in [-0.2, 0) is 0 Å². The average Bonchev–Trinajstić information content (AvgIpc) is 2.75. The Hall–Kier alpha value is -2.84. The van der Waals surface area contributed by atoms with E-state index in [0.29, 0.717) is 0 Å². The van der Waals surface area contributed by atoms with Crippen molar-refractivity contribution in [1.29, 1.82) is 0 Å². The second kappa shape index (κ2) is 8.90. The van der Waals surface area contributed by atoms with Crippen LogP contribution in [0, 0.1) is 0 Å². The fraction of sp³-hybridized carbons (Fsp3) is 0.160. The van der Waals surface area contributed by atoms with Gasteiger partial charge in [-0.15, -0.1) is 0 Å². The summed E-state index contributed by atoms with van der Waals surface area (Å²) in [5.74, 6) is 0. The monoisotopic (exact) mass is 388 g/mol. The summed E-state index contributed by atoms with van der Waals surface area (Å²) in [5.41, 5.74) is 6.32. The molecule has 0 saturated carbocycles. The molecular formula is C25H25ClN2. The molecule has 0 unspecified atom stereocenters. The van der Waals surface area contributed by atoms with Crippen molar-refractivity contribution >= 4 is 16.5 Å². The molecule has 4 rings (SSSR count). The van der Waals surface area contributed by atoms with Gasteiger partial charge in [-0.05, 0) is 35.7 Å². The van der Waals surface area contributed by atoms with Gasteiger partial charge in [0, 0.05) is 24.7 Å². The van der Waals surface area contributed by atoms with Crippen LogP contribution in [0.15, 0.2) is 85.2 Å². The number of H-pyrrole nitrogens is 1. The van der Waals surface area contributed by atoms with Gasteiger partial charge in [-0.2, -0.15) is 0 Å². The molecule has 0 saturated heterocycles. The Kier molecular flexibility index (Phi) is 6.33. The van der Waals surface area contributed by atoms with Gasteiger partial charge < -0.3 is 17.3 Å². The number of anilines is 1. The van der Waals surface area contributed by atoms with Gasteiger partial charge in [-0.3, -0.25) is 0 Å². The second-order valence-corrected chi connectivity index (χ2v) is 6.69. The van der Waals surface area contributed by atoms with E-state index in [-0.39, 0.29) is 12.4 Å². The highest BCUT2D eigenvalue weighted by Crippen LogP contribution is 2.41. The van der Waals surface area contributed by atoms with Crippen LogP contribution in [0.3, 0.4) is 0 Å². The summed E-state index contributed by atoms with van der Waals surface area (Å²) in [5, 5.41) is 2.55. The van der Waals surface area contributed by atoms with Crippen molar-refractivity contribution in [3.8, 4) is 22.3 Å². The van der Waals surface area contributed by atoms with Gasteiger partial charge in [-0.25, -0.2) is 4.98 Å². The normalized spacial score (nSPS) is 10.5. The van der Waals surface area contributed by atoms with Crippen molar-refractivity contribution in [2.75, 3.05) is 18.0 Å². The minimum absolute atomic E-state index is 0. The van der Waals surface area contributed by atoms with E-state index in [0.717, 1.165) is 13.1 Å². The summed E-state index contributed by atoms with van der Waals surface area (Å²) in [7, 11) is 0. The Balaban J connectivity index is 0.00000225. The average molecular weight is 389 g/mol. The van der Waals surface area contributed by atoms with E-state index in [1.165, 1.54) is 38.7 Å². The van der Waals surface area contributed by atoms with Crippen LogP contribution in [0.1, 0.15) is 13.8 Å². The Morgan fingerprint density at radius 2 is 1.46 bits per heavy atom. The topological polar surface area (TPSA) is 17.4 Å². The van der Waals surface area contributed by atoms with Gasteiger partial charge in [0.2, 0.25) is 0 Å². The quantitative estimate of drug-likeness (QED) is 0.514. The molecule has 0 aliphatic carbocycles. The van der Waals surface area contributed by atoms with E-state index in [1.807, 2.05) is 6.20 Å². The molecule has 0 aliphatic rings. The largest absolute Gasteiger partial charge is 1.00 e. The van der Waals surface area contributed by atoms with Crippen molar-refractivity contribution < 1.29 is 17.4 Å². The van der Waals surface area contributed by atoms with E-state index in [1.54, 1.807) is 0 Å². The molecule has 1 aromatic heterocycles. The zero-order chi connectivity index (χ0) is 18.6. The van der Waals surface area contributed by atoms with Gasteiger partial charge in [0.1, 0.15) is 0 Å². The van der Waals surface area contributed by atoms with Gasteiger partial charge >= 0.3 is 0 Å². The maximum atomic E-state index is 3.32. The molecule has 0 radical (unpaired) electrons. The highest BCUT2D eigenvalue weighted by molar-refractivity contribution is 6.06. The van der Waals surface area contributed by atoms with Crippen LogP contribution in [-0.4, -0.2) is 13.1 Å². The van der Waals surface area contributed by atoms with Crippen molar-refractivity contribution in [3.05, 3.63) is 85.2 Å². The fourth-order valence-electron chi connectivity index (χ4n) is 3.88. The lowest BCUT2D eigenvalue weighted by atomic mass is 9.89. The maximum Gasteiger partial charge on any atom is 0.177 e. The third kappa shape index (κ3) is 3.61. The van der Waals surface area contributed by atoms with E-state index in [9.17, 15) is 0 Å². The fourth-order valence-corrected chi connectivity index (χ4v) is 3.88. The first-order valence-corrected chi connectivity index (χ1v) is 9.66. The minimum atomic E-state index is 0. The third-order valence-electron chi connectivity index (χ3n) is 5.23. The van der Waals surface area contributed by atoms with Crippen LogP contribution >= 0.6 is 0 Å². The van der Waals surface area contributed by atoms with E-state index in [2.05, 4.69) is 103 Å². The van der Waals surface area contributed by atoms with Gasteiger partial charge in [0.25, 0.3) is 0 Å². The Morgan fingerprint density at radius 1 is 0.750 bits per heavy atom. The van der Waals surface area contributed by atoms with Gasteiger partial charge in [-0.1, -0.05) is 66.7 Å². The van der Waals surface area contributed by atoms with Crippen molar-refractivity contribution in [2.24, 2.45) is 0 Å². The molecule has 0 spiro atoms. The summed E-state index contributed by atoms with van der Waals surface area (Å²) in [6.07, 6.45) is 4.16. The molecule has 1 heterocycles. The van der Waals surface area contributed by atoms with Gasteiger partial charge in [0.05, 0.1) is 11.3 Å². The summed E-state index contributed by atoms with van der Waals surface area (Å²) in [6.45, 7) is 6.40. The van der Waals surface area contributed by atoms with Crippen LogP contribution in [0.5, 0.6) is 0 Å². The summed E-state index contributed by atoms with van der Waals surface area (Å²) in [4.78, 5) is 5.74. The van der Waals surface area contributed by atoms with Crippen molar-refractivity contribution in [1.82, 2.24) is 0 Å². The lowest BCUT2D eigenvalue weighted by Gasteiger charge is -2.24. The molecule has 3 heteroatoms. The zero-order valence-electron chi connectivity index (χ0n) is 16.3. The Bertz CT molecular complexity index is 1060. The SMILES string of the molecule is CCN(CC)c1cc[nH+]cc1-c1c(-c2ccccc2)ccc2ccccc12.[Cl-]. The summed E-state index contributed by atoms with van der Waals surface area (Å²) >= 11 is 0. The molecule has 28 heavy (non-hydrogen) atoms.